The summed E-state index contributed by atoms with van der Waals surface area (Å²) in [5.41, 5.74) is 8.93. The number of para-hydroxylation sites is 1. The van der Waals surface area contributed by atoms with Gasteiger partial charge in [0.1, 0.15) is 0 Å². The molecule has 88 valence electrons. The predicted molar refractivity (Wildman–Crippen MR) is 74.5 cm³/mol. The van der Waals surface area contributed by atoms with Gasteiger partial charge in [-0.2, -0.15) is 0 Å². The molecule has 0 aliphatic carbocycles. The highest BCUT2D eigenvalue weighted by atomic mass is 35.5. The number of nitrogens with two attached hydrogens (primary N) is 1. The van der Waals surface area contributed by atoms with Gasteiger partial charge >= 0.3 is 0 Å². The Kier molecular flexibility index (Phi) is 3.89. The van der Waals surface area contributed by atoms with Crippen LogP contribution in [-0.4, -0.2) is 6.54 Å². The summed E-state index contributed by atoms with van der Waals surface area (Å²) in [5.74, 6) is 0. The van der Waals surface area contributed by atoms with Gasteiger partial charge in [0, 0.05) is 22.9 Å². The van der Waals surface area contributed by atoms with Crippen LogP contribution >= 0.6 is 11.6 Å². The van der Waals surface area contributed by atoms with E-state index in [-0.39, 0.29) is 0 Å². The van der Waals surface area contributed by atoms with Gasteiger partial charge in [0.25, 0.3) is 0 Å². The standard InChI is InChI=1S/C14H15ClN2/c15-12-5-3-6-13(10-12)17-9-8-11-4-1-2-7-14(11)16/h1-7,10,17H,8-9,16H2. The summed E-state index contributed by atoms with van der Waals surface area (Å²) in [7, 11) is 0. The lowest BCUT2D eigenvalue weighted by Crippen LogP contribution is -2.06. The molecule has 0 spiro atoms. The van der Waals surface area contributed by atoms with Crippen molar-refractivity contribution in [1.29, 1.82) is 0 Å². The van der Waals surface area contributed by atoms with Crippen LogP contribution in [-0.2, 0) is 6.42 Å². The summed E-state index contributed by atoms with van der Waals surface area (Å²) in [5, 5.41) is 4.07. The zero-order valence-corrected chi connectivity index (χ0v) is 10.2. The SMILES string of the molecule is Nc1ccccc1CCNc1cccc(Cl)c1. The highest BCUT2D eigenvalue weighted by Crippen LogP contribution is 2.15. The van der Waals surface area contributed by atoms with Crippen molar-refractivity contribution in [3.05, 3.63) is 59.1 Å². The van der Waals surface area contributed by atoms with Crippen LogP contribution in [0.15, 0.2) is 48.5 Å². The highest BCUT2D eigenvalue weighted by molar-refractivity contribution is 6.30. The van der Waals surface area contributed by atoms with Crippen molar-refractivity contribution in [2.45, 2.75) is 6.42 Å². The predicted octanol–water partition coefficient (Wildman–Crippen LogP) is 3.58. The number of nitrogens with one attached hydrogen (secondary N) is 1. The molecule has 2 nitrogen and oxygen atoms in total. The fraction of sp³-hybridized carbons (Fsp3) is 0.143. The van der Waals surface area contributed by atoms with Crippen molar-refractivity contribution in [2.75, 3.05) is 17.6 Å². The second-order valence-electron chi connectivity index (χ2n) is 3.89. The molecule has 0 saturated carbocycles. The Balaban J connectivity index is 1.90. The van der Waals surface area contributed by atoms with Gasteiger partial charge in [-0.25, -0.2) is 0 Å². The van der Waals surface area contributed by atoms with E-state index in [9.17, 15) is 0 Å². The minimum absolute atomic E-state index is 0.745. The van der Waals surface area contributed by atoms with Gasteiger partial charge in [-0.05, 0) is 36.2 Å². The maximum atomic E-state index is 5.91. The van der Waals surface area contributed by atoms with Crippen molar-refractivity contribution >= 4 is 23.0 Å². The number of halogens is 1. The fourth-order valence-corrected chi connectivity index (χ4v) is 1.89. The molecule has 3 N–H and O–H groups in total. The quantitative estimate of drug-likeness (QED) is 0.810. The van der Waals surface area contributed by atoms with Crippen LogP contribution in [0.2, 0.25) is 5.02 Å². The topological polar surface area (TPSA) is 38.0 Å². The zero-order valence-electron chi connectivity index (χ0n) is 9.49. The number of benzene rings is 2. The average Bonchev–Trinajstić information content (AvgIpc) is 2.32. The van der Waals surface area contributed by atoms with Gasteiger partial charge in [0.05, 0.1) is 0 Å². The van der Waals surface area contributed by atoms with E-state index in [0.29, 0.717) is 0 Å². The number of anilines is 2. The second-order valence-corrected chi connectivity index (χ2v) is 4.32. The first kappa shape index (κ1) is 11.8. The monoisotopic (exact) mass is 246 g/mol. The van der Waals surface area contributed by atoms with Crippen LogP contribution < -0.4 is 11.1 Å². The van der Waals surface area contributed by atoms with Crippen LogP contribution in [0.5, 0.6) is 0 Å². The Morgan fingerprint density at radius 1 is 1.06 bits per heavy atom. The van der Waals surface area contributed by atoms with E-state index < -0.39 is 0 Å². The van der Waals surface area contributed by atoms with E-state index in [1.807, 2.05) is 42.5 Å². The third kappa shape index (κ3) is 3.40. The molecule has 0 unspecified atom stereocenters. The molecule has 17 heavy (non-hydrogen) atoms. The smallest absolute Gasteiger partial charge is 0.0426 e. The molecule has 2 aromatic rings. The summed E-state index contributed by atoms with van der Waals surface area (Å²) in [6.07, 6.45) is 0.902. The van der Waals surface area contributed by atoms with Gasteiger partial charge in [0.2, 0.25) is 0 Å². The number of nitrogen functional groups attached to an aromatic ring is 1. The molecule has 2 rings (SSSR count). The zero-order chi connectivity index (χ0) is 12.1. The molecule has 0 bridgehead atoms. The molecule has 0 amide bonds. The van der Waals surface area contributed by atoms with E-state index in [0.717, 1.165) is 29.4 Å². The van der Waals surface area contributed by atoms with Crippen molar-refractivity contribution in [3.8, 4) is 0 Å². The van der Waals surface area contributed by atoms with E-state index in [1.54, 1.807) is 0 Å². The van der Waals surface area contributed by atoms with Crippen LogP contribution in [0, 0.1) is 0 Å². The largest absolute Gasteiger partial charge is 0.399 e. The second kappa shape index (κ2) is 5.60. The Morgan fingerprint density at radius 3 is 2.65 bits per heavy atom. The first-order valence-electron chi connectivity index (χ1n) is 5.58. The van der Waals surface area contributed by atoms with Gasteiger partial charge in [0.15, 0.2) is 0 Å². The van der Waals surface area contributed by atoms with Gasteiger partial charge in [-0.3, -0.25) is 0 Å². The third-order valence-corrected chi connectivity index (χ3v) is 2.84. The van der Waals surface area contributed by atoms with E-state index in [1.165, 1.54) is 5.56 Å². The molecule has 0 radical (unpaired) electrons. The number of hydrogen-bond donors (Lipinski definition) is 2. The highest BCUT2D eigenvalue weighted by Gasteiger charge is 1.98. The third-order valence-electron chi connectivity index (χ3n) is 2.60. The van der Waals surface area contributed by atoms with E-state index >= 15 is 0 Å². The molecule has 0 aromatic heterocycles. The molecule has 0 fully saturated rings. The molecule has 0 heterocycles. The Hall–Kier alpha value is -1.67. The lowest BCUT2D eigenvalue weighted by Gasteiger charge is -2.08. The summed E-state index contributed by atoms with van der Waals surface area (Å²) in [6.45, 7) is 0.842. The maximum Gasteiger partial charge on any atom is 0.0426 e. The van der Waals surface area contributed by atoms with Crippen molar-refractivity contribution in [2.24, 2.45) is 0 Å². The van der Waals surface area contributed by atoms with E-state index in [2.05, 4.69) is 11.4 Å². The molecule has 0 saturated heterocycles. The van der Waals surface area contributed by atoms with Gasteiger partial charge in [-0.15, -0.1) is 0 Å². The van der Waals surface area contributed by atoms with E-state index in [4.69, 9.17) is 17.3 Å². The minimum atomic E-state index is 0.745. The Morgan fingerprint density at radius 2 is 1.88 bits per heavy atom. The van der Waals surface area contributed by atoms with Crippen LogP contribution in [0.3, 0.4) is 0 Å². The first-order chi connectivity index (χ1) is 8.25. The van der Waals surface area contributed by atoms with Crippen LogP contribution in [0.25, 0.3) is 0 Å². The van der Waals surface area contributed by atoms with Gasteiger partial charge in [-0.1, -0.05) is 35.9 Å². The van der Waals surface area contributed by atoms with Gasteiger partial charge < -0.3 is 11.1 Å². The van der Waals surface area contributed by atoms with Crippen LogP contribution in [0.1, 0.15) is 5.56 Å². The lowest BCUT2D eigenvalue weighted by atomic mass is 10.1. The summed E-state index contributed by atoms with van der Waals surface area (Å²) >= 11 is 5.91. The molecular weight excluding hydrogens is 232 g/mol. The fourth-order valence-electron chi connectivity index (χ4n) is 1.70. The minimum Gasteiger partial charge on any atom is -0.399 e. The Bertz CT molecular complexity index is 497. The molecule has 0 aliphatic heterocycles. The normalized spacial score (nSPS) is 10.2. The summed E-state index contributed by atoms with van der Waals surface area (Å²) in [4.78, 5) is 0. The summed E-state index contributed by atoms with van der Waals surface area (Å²) < 4.78 is 0. The lowest BCUT2D eigenvalue weighted by molar-refractivity contribution is 1.02. The molecule has 0 atom stereocenters. The van der Waals surface area contributed by atoms with Crippen molar-refractivity contribution in [3.63, 3.8) is 0 Å². The summed E-state index contributed by atoms with van der Waals surface area (Å²) in [6, 6.07) is 15.6. The Labute approximate surface area is 106 Å². The number of rotatable bonds is 4. The molecule has 3 heteroatoms. The average molecular weight is 247 g/mol. The van der Waals surface area contributed by atoms with Crippen LogP contribution in [0.4, 0.5) is 11.4 Å². The van der Waals surface area contributed by atoms with Crippen molar-refractivity contribution < 1.29 is 0 Å². The number of hydrogen-bond acceptors (Lipinski definition) is 2. The maximum absolute atomic E-state index is 5.91. The van der Waals surface area contributed by atoms with Crippen molar-refractivity contribution in [1.82, 2.24) is 0 Å². The molecular formula is C14H15ClN2. The molecule has 0 aliphatic rings. The first-order valence-corrected chi connectivity index (χ1v) is 5.96. The molecule has 2 aromatic carbocycles.